The first-order chi connectivity index (χ1) is 10.6. The molecule has 3 heteroatoms. The quantitative estimate of drug-likeness (QED) is 0.798. The van der Waals surface area contributed by atoms with E-state index in [1.54, 1.807) is 0 Å². The van der Waals surface area contributed by atoms with Crippen molar-refractivity contribution in [1.29, 1.82) is 0 Å². The molecule has 0 aliphatic heterocycles. The van der Waals surface area contributed by atoms with Gasteiger partial charge in [0, 0.05) is 24.3 Å². The molecular weight excluding hydrogens is 272 g/mol. The minimum absolute atomic E-state index is 0.0692. The van der Waals surface area contributed by atoms with Gasteiger partial charge in [0.1, 0.15) is 0 Å². The van der Waals surface area contributed by atoms with Crippen molar-refractivity contribution in [1.82, 2.24) is 0 Å². The van der Waals surface area contributed by atoms with Crippen LogP contribution in [0.1, 0.15) is 25.8 Å². The Bertz CT molecular complexity index is 576. The summed E-state index contributed by atoms with van der Waals surface area (Å²) in [5.41, 5.74) is 3.24. The fraction of sp³-hybridized carbons (Fsp3) is 0.316. The maximum Gasteiger partial charge on any atom is 0.224 e. The summed E-state index contributed by atoms with van der Waals surface area (Å²) in [6, 6.07) is 18.3. The second kappa shape index (κ2) is 8.23. The molecule has 2 N–H and O–H groups in total. The minimum atomic E-state index is 0.0692. The zero-order valence-corrected chi connectivity index (χ0v) is 13.3. The van der Waals surface area contributed by atoms with E-state index < -0.39 is 0 Å². The predicted octanol–water partition coefficient (Wildman–Crippen LogP) is 4.33. The molecule has 22 heavy (non-hydrogen) atoms. The molecule has 0 aromatic heterocycles. The molecule has 0 saturated carbocycles. The van der Waals surface area contributed by atoms with E-state index in [0.717, 1.165) is 24.3 Å². The second-order valence-corrected chi connectivity index (χ2v) is 5.89. The van der Waals surface area contributed by atoms with Gasteiger partial charge in [0.25, 0.3) is 0 Å². The van der Waals surface area contributed by atoms with Crippen LogP contribution in [-0.4, -0.2) is 12.5 Å². The Morgan fingerprint density at radius 2 is 1.59 bits per heavy atom. The third kappa shape index (κ3) is 5.60. The van der Waals surface area contributed by atoms with E-state index in [9.17, 15) is 4.79 Å². The van der Waals surface area contributed by atoms with Gasteiger partial charge in [-0.2, -0.15) is 0 Å². The molecule has 0 spiro atoms. The first-order valence-corrected chi connectivity index (χ1v) is 7.81. The number of anilines is 2. The Morgan fingerprint density at radius 3 is 2.23 bits per heavy atom. The third-order valence-corrected chi connectivity index (χ3v) is 3.35. The predicted molar refractivity (Wildman–Crippen MR) is 93.2 cm³/mol. The van der Waals surface area contributed by atoms with Crippen molar-refractivity contribution in [3.05, 3.63) is 60.2 Å². The smallest absolute Gasteiger partial charge is 0.224 e. The summed E-state index contributed by atoms with van der Waals surface area (Å²) in [7, 11) is 0. The number of nitrogens with one attached hydrogen (secondary N) is 2. The third-order valence-electron chi connectivity index (χ3n) is 3.35. The lowest BCUT2D eigenvalue weighted by atomic mass is 10.1. The van der Waals surface area contributed by atoms with Crippen molar-refractivity contribution < 1.29 is 4.79 Å². The van der Waals surface area contributed by atoms with Crippen LogP contribution < -0.4 is 10.6 Å². The molecule has 0 radical (unpaired) electrons. The molecule has 0 bridgehead atoms. The van der Waals surface area contributed by atoms with Crippen LogP contribution in [0.2, 0.25) is 0 Å². The van der Waals surface area contributed by atoms with Gasteiger partial charge in [-0.15, -0.1) is 0 Å². The average molecular weight is 296 g/mol. The number of benzene rings is 2. The second-order valence-electron chi connectivity index (χ2n) is 5.89. The van der Waals surface area contributed by atoms with E-state index in [-0.39, 0.29) is 5.91 Å². The van der Waals surface area contributed by atoms with Gasteiger partial charge >= 0.3 is 0 Å². The number of carbonyl (C=O) groups is 1. The Kier molecular flexibility index (Phi) is 6.01. The number of hydrogen-bond donors (Lipinski definition) is 2. The summed E-state index contributed by atoms with van der Waals surface area (Å²) < 4.78 is 0. The lowest BCUT2D eigenvalue weighted by Crippen LogP contribution is -2.13. The number of amides is 1. The lowest BCUT2D eigenvalue weighted by Gasteiger charge is -2.09. The van der Waals surface area contributed by atoms with E-state index >= 15 is 0 Å². The van der Waals surface area contributed by atoms with Crippen molar-refractivity contribution in [3.8, 4) is 0 Å². The van der Waals surface area contributed by atoms with Crippen molar-refractivity contribution >= 4 is 17.3 Å². The summed E-state index contributed by atoms with van der Waals surface area (Å²) in [4.78, 5) is 11.7. The summed E-state index contributed by atoms with van der Waals surface area (Å²) in [5.74, 6) is 0.443. The van der Waals surface area contributed by atoms with E-state index in [0.29, 0.717) is 12.3 Å². The molecule has 0 aliphatic rings. The van der Waals surface area contributed by atoms with Crippen molar-refractivity contribution in [2.24, 2.45) is 5.92 Å². The van der Waals surface area contributed by atoms with E-state index in [1.807, 2.05) is 44.2 Å². The molecule has 2 aromatic carbocycles. The summed E-state index contributed by atoms with van der Waals surface area (Å²) in [6.45, 7) is 4.97. The van der Waals surface area contributed by atoms with Crippen molar-refractivity contribution in [2.45, 2.75) is 26.7 Å². The fourth-order valence-corrected chi connectivity index (χ4v) is 2.25. The topological polar surface area (TPSA) is 41.1 Å². The van der Waals surface area contributed by atoms with Gasteiger partial charge in [0.2, 0.25) is 5.91 Å². The van der Waals surface area contributed by atoms with Crippen molar-refractivity contribution in [3.63, 3.8) is 0 Å². The van der Waals surface area contributed by atoms with E-state index in [2.05, 4.69) is 34.9 Å². The Balaban J connectivity index is 1.78. The maximum absolute atomic E-state index is 11.7. The van der Waals surface area contributed by atoms with E-state index in [4.69, 9.17) is 0 Å². The van der Waals surface area contributed by atoms with Crippen LogP contribution in [0, 0.1) is 5.92 Å². The standard InChI is InChI=1S/C19H24N2O/c1-15(2)14-19(22)21-18-10-8-17(9-11-18)20-13-12-16-6-4-3-5-7-16/h3-11,15,20H,12-14H2,1-2H3,(H,21,22). The van der Waals surface area contributed by atoms with Crippen LogP contribution in [0.25, 0.3) is 0 Å². The number of hydrogen-bond acceptors (Lipinski definition) is 2. The molecule has 0 aliphatic carbocycles. The highest BCUT2D eigenvalue weighted by Gasteiger charge is 2.04. The molecule has 116 valence electrons. The lowest BCUT2D eigenvalue weighted by molar-refractivity contribution is -0.116. The Morgan fingerprint density at radius 1 is 0.955 bits per heavy atom. The molecule has 2 aromatic rings. The zero-order chi connectivity index (χ0) is 15.8. The molecular formula is C19H24N2O. The van der Waals surface area contributed by atoms with Gasteiger partial charge in [0.05, 0.1) is 0 Å². The highest BCUT2D eigenvalue weighted by Crippen LogP contribution is 2.14. The maximum atomic E-state index is 11.7. The highest BCUT2D eigenvalue weighted by atomic mass is 16.1. The molecule has 1 amide bonds. The molecule has 0 saturated heterocycles. The average Bonchev–Trinajstić information content (AvgIpc) is 2.49. The summed E-state index contributed by atoms with van der Waals surface area (Å²) >= 11 is 0. The van der Waals surface area contributed by atoms with Crippen LogP contribution in [0.4, 0.5) is 11.4 Å². The molecule has 0 heterocycles. The summed E-state index contributed by atoms with van der Waals surface area (Å²) in [5, 5.41) is 6.31. The van der Waals surface area contributed by atoms with Crippen LogP contribution in [-0.2, 0) is 11.2 Å². The monoisotopic (exact) mass is 296 g/mol. The van der Waals surface area contributed by atoms with Crippen LogP contribution >= 0.6 is 0 Å². The van der Waals surface area contributed by atoms with Gasteiger partial charge in [-0.05, 0) is 42.2 Å². The van der Waals surface area contributed by atoms with Crippen LogP contribution in [0.5, 0.6) is 0 Å². The van der Waals surface area contributed by atoms with Gasteiger partial charge in [0.15, 0.2) is 0 Å². The highest BCUT2D eigenvalue weighted by molar-refractivity contribution is 5.90. The normalized spacial score (nSPS) is 10.5. The van der Waals surface area contributed by atoms with Crippen LogP contribution in [0.15, 0.2) is 54.6 Å². The molecule has 2 rings (SSSR count). The first kappa shape index (κ1) is 16.1. The Hall–Kier alpha value is -2.29. The van der Waals surface area contributed by atoms with E-state index in [1.165, 1.54) is 5.56 Å². The molecule has 0 unspecified atom stereocenters. The molecule has 0 atom stereocenters. The summed E-state index contributed by atoms with van der Waals surface area (Å²) in [6.07, 6.45) is 1.55. The number of carbonyl (C=O) groups excluding carboxylic acids is 1. The number of rotatable bonds is 7. The van der Waals surface area contributed by atoms with Crippen molar-refractivity contribution in [2.75, 3.05) is 17.2 Å². The van der Waals surface area contributed by atoms with Crippen LogP contribution in [0.3, 0.4) is 0 Å². The first-order valence-electron chi connectivity index (χ1n) is 7.81. The minimum Gasteiger partial charge on any atom is -0.385 e. The SMILES string of the molecule is CC(C)CC(=O)Nc1ccc(NCCc2ccccc2)cc1. The molecule has 0 fully saturated rings. The molecule has 3 nitrogen and oxygen atoms in total. The fourth-order valence-electron chi connectivity index (χ4n) is 2.25. The van der Waals surface area contributed by atoms with Gasteiger partial charge in [-0.25, -0.2) is 0 Å². The zero-order valence-electron chi connectivity index (χ0n) is 13.3. The Labute approximate surface area is 132 Å². The van der Waals surface area contributed by atoms with Gasteiger partial charge in [-0.3, -0.25) is 4.79 Å². The van der Waals surface area contributed by atoms with Gasteiger partial charge < -0.3 is 10.6 Å². The van der Waals surface area contributed by atoms with Gasteiger partial charge in [-0.1, -0.05) is 44.2 Å². The largest absolute Gasteiger partial charge is 0.385 e.